The lowest BCUT2D eigenvalue weighted by atomic mass is 9.98. The number of rotatable bonds is 2. The van der Waals surface area contributed by atoms with Crippen molar-refractivity contribution in [3.05, 3.63) is 0 Å². The van der Waals surface area contributed by atoms with Crippen molar-refractivity contribution in [2.75, 3.05) is 6.61 Å². The van der Waals surface area contributed by atoms with Crippen LogP contribution in [-0.2, 0) is 23.8 Å². The average Bonchev–Trinajstić information content (AvgIpc) is 2.65. The van der Waals surface area contributed by atoms with Crippen LogP contribution in [0.2, 0.25) is 0 Å². The van der Waals surface area contributed by atoms with Gasteiger partial charge in [-0.3, -0.25) is 9.59 Å². The Labute approximate surface area is 98.0 Å². The second-order valence-electron chi connectivity index (χ2n) is 4.17. The number of fused-ring (bicyclic) bond motifs is 2. The second-order valence-corrected chi connectivity index (χ2v) is 4.17. The summed E-state index contributed by atoms with van der Waals surface area (Å²) in [4.78, 5) is 22.1. The highest BCUT2D eigenvalue weighted by molar-refractivity contribution is 5.73. The lowest BCUT2D eigenvalue weighted by Gasteiger charge is -2.37. The van der Waals surface area contributed by atoms with E-state index in [-0.39, 0.29) is 12.5 Å². The summed E-state index contributed by atoms with van der Waals surface area (Å²) in [7, 11) is 0. The van der Waals surface area contributed by atoms with Gasteiger partial charge in [-0.05, 0) is 0 Å². The van der Waals surface area contributed by atoms with Gasteiger partial charge in [-0.2, -0.15) is 0 Å². The summed E-state index contributed by atoms with van der Waals surface area (Å²) in [6.45, 7) is 2.80. The van der Waals surface area contributed by atoms with Gasteiger partial charge in [0.2, 0.25) is 5.91 Å². The van der Waals surface area contributed by atoms with Crippen LogP contribution in [0.25, 0.3) is 0 Å². The highest BCUT2D eigenvalue weighted by Gasteiger charge is 2.52. The van der Waals surface area contributed by atoms with E-state index in [0.717, 1.165) is 0 Å². The molecule has 5 atom stereocenters. The smallest absolute Gasteiger partial charge is 0.303 e. The Morgan fingerprint density at radius 3 is 2.71 bits per heavy atom. The van der Waals surface area contributed by atoms with Crippen LogP contribution >= 0.6 is 0 Å². The maximum Gasteiger partial charge on any atom is 0.303 e. The molecule has 0 aromatic carbocycles. The van der Waals surface area contributed by atoms with Gasteiger partial charge in [-0.1, -0.05) is 0 Å². The van der Waals surface area contributed by atoms with Gasteiger partial charge in [0.05, 0.1) is 6.61 Å². The van der Waals surface area contributed by atoms with Crippen LogP contribution in [0.15, 0.2) is 0 Å². The number of nitrogens with one attached hydrogen (secondary N) is 1. The van der Waals surface area contributed by atoms with Crippen molar-refractivity contribution in [1.82, 2.24) is 5.32 Å². The fourth-order valence-corrected chi connectivity index (χ4v) is 2.11. The fraction of sp³-hybridized carbons (Fsp3) is 0.800. The average molecular weight is 245 g/mol. The fourth-order valence-electron chi connectivity index (χ4n) is 2.11. The van der Waals surface area contributed by atoms with E-state index >= 15 is 0 Å². The summed E-state index contributed by atoms with van der Waals surface area (Å²) in [5.74, 6) is -0.831. The molecule has 2 bridgehead atoms. The molecule has 2 N–H and O–H groups in total. The third-order valence-electron chi connectivity index (χ3n) is 2.77. The van der Waals surface area contributed by atoms with Gasteiger partial charge in [0.25, 0.3) is 0 Å². The molecule has 17 heavy (non-hydrogen) atoms. The zero-order valence-corrected chi connectivity index (χ0v) is 9.58. The van der Waals surface area contributed by atoms with Crippen molar-refractivity contribution < 1.29 is 28.9 Å². The first-order valence-electron chi connectivity index (χ1n) is 5.38. The molecule has 2 saturated heterocycles. The molecule has 0 radical (unpaired) electrons. The van der Waals surface area contributed by atoms with Crippen LogP contribution in [0, 0.1) is 0 Å². The van der Waals surface area contributed by atoms with E-state index < -0.39 is 36.6 Å². The number of aliphatic hydroxyl groups excluding tert-OH is 1. The number of hydrogen-bond donors (Lipinski definition) is 2. The van der Waals surface area contributed by atoms with E-state index in [1.807, 2.05) is 0 Å². The van der Waals surface area contributed by atoms with E-state index in [2.05, 4.69) is 5.32 Å². The molecule has 0 spiro atoms. The van der Waals surface area contributed by atoms with Crippen molar-refractivity contribution in [2.45, 2.75) is 44.5 Å². The van der Waals surface area contributed by atoms with Gasteiger partial charge >= 0.3 is 5.97 Å². The van der Waals surface area contributed by atoms with Gasteiger partial charge < -0.3 is 24.6 Å². The molecule has 0 saturated carbocycles. The molecule has 7 heteroatoms. The van der Waals surface area contributed by atoms with Gasteiger partial charge in [-0.25, -0.2) is 0 Å². The van der Waals surface area contributed by atoms with E-state index in [1.54, 1.807) is 0 Å². The predicted octanol–water partition coefficient (Wildman–Crippen LogP) is -1.46. The van der Waals surface area contributed by atoms with E-state index in [9.17, 15) is 14.7 Å². The van der Waals surface area contributed by atoms with Crippen LogP contribution < -0.4 is 5.32 Å². The molecule has 7 nitrogen and oxygen atoms in total. The lowest BCUT2D eigenvalue weighted by Crippen LogP contribution is -2.61. The summed E-state index contributed by atoms with van der Waals surface area (Å²) in [5, 5.41) is 12.5. The number of esters is 1. The number of amides is 1. The first-order chi connectivity index (χ1) is 7.99. The summed E-state index contributed by atoms with van der Waals surface area (Å²) in [5.41, 5.74) is 0. The molecule has 0 unspecified atom stereocenters. The Morgan fingerprint density at radius 1 is 1.41 bits per heavy atom. The predicted molar refractivity (Wildman–Crippen MR) is 53.8 cm³/mol. The molecule has 2 rings (SSSR count). The molecule has 2 aliphatic heterocycles. The van der Waals surface area contributed by atoms with Gasteiger partial charge in [-0.15, -0.1) is 0 Å². The summed E-state index contributed by atoms with van der Waals surface area (Å²) in [6, 6.07) is -0.690. The Kier molecular flexibility index (Phi) is 3.32. The zero-order chi connectivity index (χ0) is 12.6. The zero-order valence-electron chi connectivity index (χ0n) is 9.58. The Bertz CT molecular complexity index is 317. The van der Waals surface area contributed by atoms with Gasteiger partial charge in [0.15, 0.2) is 12.4 Å². The minimum absolute atomic E-state index is 0.222. The van der Waals surface area contributed by atoms with Crippen molar-refractivity contribution in [2.24, 2.45) is 0 Å². The van der Waals surface area contributed by atoms with Crippen molar-refractivity contribution in [1.29, 1.82) is 0 Å². The van der Waals surface area contributed by atoms with Crippen LogP contribution in [0.3, 0.4) is 0 Å². The molecular weight excluding hydrogens is 230 g/mol. The monoisotopic (exact) mass is 245 g/mol. The summed E-state index contributed by atoms with van der Waals surface area (Å²) < 4.78 is 15.7. The molecular formula is C10H15NO6. The van der Waals surface area contributed by atoms with Crippen molar-refractivity contribution in [3.63, 3.8) is 0 Å². The largest absolute Gasteiger partial charge is 0.457 e. The second kappa shape index (κ2) is 4.59. The van der Waals surface area contributed by atoms with Crippen LogP contribution in [0.1, 0.15) is 13.8 Å². The Morgan fingerprint density at radius 2 is 2.12 bits per heavy atom. The molecule has 0 aromatic rings. The van der Waals surface area contributed by atoms with Crippen LogP contribution in [0.5, 0.6) is 0 Å². The Hall–Kier alpha value is -1.18. The first-order valence-corrected chi connectivity index (χ1v) is 5.38. The summed E-state index contributed by atoms with van der Waals surface area (Å²) >= 11 is 0. The van der Waals surface area contributed by atoms with E-state index in [0.29, 0.717) is 0 Å². The molecule has 1 amide bonds. The molecule has 0 aromatic heterocycles. The maximum absolute atomic E-state index is 11.1. The number of ether oxygens (including phenoxy) is 3. The summed E-state index contributed by atoms with van der Waals surface area (Å²) in [6.07, 6.45) is -3.05. The van der Waals surface area contributed by atoms with Gasteiger partial charge in [0, 0.05) is 13.8 Å². The third-order valence-corrected chi connectivity index (χ3v) is 2.77. The quantitative estimate of drug-likeness (QED) is 0.577. The van der Waals surface area contributed by atoms with E-state index in [1.165, 1.54) is 13.8 Å². The number of carbonyl (C=O) groups is 2. The Balaban J connectivity index is 2.16. The normalized spacial score (nSPS) is 39.8. The molecule has 96 valence electrons. The maximum atomic E-state index is 11.1. The third kappa shape index (κ3) is 2.41. The number of aliphatic hydroxyl groups is 1. The van der Waals surface area contributed by atoms with Crippen molar-refractivity contribution in [3.8, 4) is 0 Å². The number of hydrogen-bond acceptors (Lipinski definition) is 6. The van der Waals surface area contributed by atoms with Gasteiger partial charge in [0.1, 0.15) is 18.2 Å². The van der Waals surface area contributed by atoms with Crippen LogP contribution in [0.4, 0.5) is 0 Å². The SMILES string of the molecule is CC(=O)N[C@H]1[C@@H]2OC[C@@H](O2)[C@@H](O)[C@@H]1OC(C)=O. The van der Waals surface area contributed by atoms with E-state index in [4.69, 9.17) is 14.2 Å². The molecule has 2 aliphatic rings. The highest BCUT2D eigenvalue weighted by Crippen LogP contribution is 2.29. The van der Waals surface area contributed by atoms with Crippen LogP contribution in [-0.4, -0.2) is 54.2 Å². The standard InChI is InChI=1S/C10H15NO6/c1-4(12)11-7-9(16-5(2)13)8(14)6-3-15-10(7)17-6/h6-10,14H,3H2,1-2H3,(H,11,12)/t6-,7-,8-,9-,10-/m1/s1. The number of carbonyl (C=O) groups excluding carboxylic acids is 2. The molecule has 2 heterocycles. The van der Waals surface area contributed by atoms with Crippen molar-refractivity contribution >= 4 is 11.9 Å². The topological polar surface area (TPSA) is 94.1 Å². The lowest BCUT2D eigenvalue weighted by molar-refractivity contribution is -0.203. The minimum Gasteiger partial charge on any atom is -0.457 e. The molecule has 0 aliphatic carbocycles. The minimum atomic E-state index is -1.01. The molecule has 2 fully saturated rings. The highest BCUT2D eigenvalue weighted by atomic mass is 16.7. The first kappa shape index (κ1) is 12.3.